The molecule has 1 atom stereocenters. The molecule has 0 fully saturated rings. The summed E-state index contributed by atoms with van der Waals surface area (Å²) < 4.78 is 9.94. The van der Waals surface area contributed by atoms with E-state index in [9.17, 15) is 14.7 Å². The number of esters is 2. The Balaban J connectivity index is 3.53. The summed E-state index contributed by atoms with van der Waals surface area (Å²) in [6.07, 6.45) is 3.45. The zero-order valence-electron chi connectivity index (χ0n) is 16.4. The lowest BCUT2D eigenvalue weighted by Gasteiger charge is -2.11. The molecule has 0 heterocycles. The van der Waals surface area contributed by atoms with Crippen LogP contribution in [0.5, 0.6) is 0 Å². The van der Waals surface area contributed by atoms with Crippen LogP contribution in [-0.4, -0.2) is 75.6 Å². The fraction of sp³-hybridized carbons (Fsp3) is 0.889. The third kappa shape index (κ3) is 17.9. The van der Waals surface area contributed by atoms with Gasteiger partial charge in [0, 0.05) is 0 Å². The SMILES string of the molecule is NCCCCNCCCOC(=O)CC(O)C(=O)OCCCNCCCCN. The normalized spacial score (nSPS) is 12.0. The molecule has 0 aromatic rings. The van der Waals surface area contributed by atoms with Crippen LogP contribution in [0, 0.1) is 0 Å². The maximum Gasteiger partial charge on any atom is 0.335 e. The molecule has 9 nitrogen and oxygen atoms in total. The van der Waals surface area contributed by atoms with Crippen LogP contribution in [0.15, 0.2) is 0 Å². The van der Waals surface area contributed by atoms with Crippen LogP contribution in [0.25, 0.3) is 0 Å². The Labute approximate surface area is 162 Å². The van der Waals surface area contributed by atoms with Gasteiger partial charge >= 0.3 is 11.9 Å². The molecular formula is C18H38N4O5. The Kier molecular flexibility index (Phi) is 18.6. The van der Waals surface area contributed by atoms with Crippen molar-refractivity contribution in [2.24, 2.45) is 11.5 Å². The van der Waals surface area contributed by atoms with Gasteiger partial charge in [0.1, 0.15) is 0 Å². The molecule has 0 spiro atoms. The molecule has 0 amide bonds. The highest BCUT2D eigenvalue weighted by Gasteiger charge is 2.21. The molecule has 160 valence electrons. The average Bonchev–Trinajstić information content (AvgIpc) is 2.65. The van der Waals surface area contributed by atoms with Gasteiger partial charge < -0.3 is 36.7 Å². The summed E-state index contributed by atoms with van der Waals surface area (Å²) in [4.78, 5) is 23.2. The molecule has 0 saturated heterocycles. The van der Waals surface area contributed by atoms with Crippen LogP contribution >= 0.6 is 0 Å². The number of ether oxygens (including phenoxy) is 2. The van der Waals surface area contributed by atoms with E-state index in [4.69, 9.17) is 20.9 Å². The molecular weight excluding hydrogens is 352 g/mol. The van der Waals surface area contributed by atoms with E-state index >= 15 is 0 Å². The van der Waals surface area contributed by atoms with Crippen molar-refractivity contribution in [3.63, 3.8) is 0 Å². The number of nitrogens with two attached hydrogens (primary N) is 2. The van der Waals surface area contributed by atoms with Gasteiger partial charge in [0.25, 0.3) is 0 Å². The second kappa shape index (κ2) is 19.5. The molecule has 0 aliphatic carbocycles. The number of aliphatic hydroxyl groups is 1. The summed E-state index contributed by atoms with van der Waals surface area (Å²) >= 11 is 0. The fourth-order valence-corrected chi connectivity index (χ4v) is 2.19. The first-order valence-electron chi connectivity index (χ1n) is 9.93. The molecule has 7 N–H and O–H groups in total. The lowest BCUT2D eigenvalue weighted by molar-refractivity contribution is -0.160. The van der Waals surface area contributed by atoms with Crippen LogP contribution in [0.3, 0.4) is 0 Å². The quantitative estimate of drug-likeness (QED) is 0.142. The number of carbonyl (C=O) groups is 2. The van der Waals surface area contributed by atoms with Crippen molar-refractivity contribution < 1.29 is 24.2 Å². The molecule has 0 bridgehead atoms. The van der Waals surface area contributed by atoms with E-state index in [0.717, 1.165) is 51.9 Å². The first kappa shape index (κ1) is 25.7. The molecule has 0 aliphatic heterocycles. The van der Waals surface area contributed by atoms with Crippen LogP contribution in [0.1, 0.15) is 44.9 Å². The summed E-state index contributed by atoms with van der Waals surface area (Å²) in [5, 5.41) is 16.1. The van der Waals surface area contributed by atoms with Gasteiger partial charge in [-0.1, -0.05) is 0 Å². The predicted octanol–water partition coefficient (Wildman–Crippen LogP) is -0.739. The van der Waals surface area contributed by atoms with Crippen molar-refractivity contribution in [3.05, 3.63) is 0 Å². The lowest BCUT2D eigenvalue weighted by Crippen LogP contribution is -2.28. The summed E-state index contributed by atoms with van der Waals surface area (Å²) in [7, 11) is 0. The topological polar surface area (TPSA) is 149 Å². The second-order valence-corrected chi connectivity index (χ2v) is 6.31. The van der Waals surface area contributed by atoms with Gasteiger partial charge in [0.15, 0.2) is 6.10 Å². The number of hydrogen-bond acceptors (Lipinski definition) is 9. The lowest BCUT2D eigenvalue weighted by atomic mass is 10.2. The fourth-order valence-electron chi connectivity index (χ4n) is 2.19. The highest BCUT2D eigenvalue weighted by molar-refractivity contribution is 5.81. The summed E-state index contributed by atoms with van der Waals surface area (Å²) in [5.74, 6) is -1.40. The van der Waals surface area contributed by atoms with Crippen molar-refractivity contribution in [2.75, 3.05) is 52.5 Å². The molecule has 0 aromatic carbocycles. The Morgan fingerprint density at radius 2 is 1.26 bits per heavy atom. The van der Waals surface area contributed by atoms with Gasteiger partial charge in [-0.2, -0.15) is 0 Å². The minimum atomic E-state index is -1.48. The first-order chi connectivity index (χ1) is 13.1. The maximum atomic E-state index is 11.6. The first-order valence-corrected chi connectivity index (χ1v) is 9.93. The monoisotopic (exact) mass is 390 g/mol. The molecule has 0 saturated carbocycles. The van der Waals surface area contributed by atoms with Crippen LogP contribution < -0.4 is 22.1 Å². The van der Waals surface area contributed by atoms with Crippen LogP contribution in [0.2, 0.25) is 0 Å². The smallest absolute Gasteiger partial charge is 0.335 e. The van der Waals surface area contributed by atoms with Crippen molar-refractivity contribution >= 4 is 11.9 Å². The Bertz CT molecular complexity index is 372. The Morgan fingerprint density at radius 1 is 0.778 bits per heavy atom. The Morgan fingerprint density at radius 3 is 1.78 bits per heavy atom. The largest absolute Gasteiger partial charge is 0.466 e. The number of nitrogens with one attached hydrogen (secondary N) is 2. The Hall–Kier alpha value is -1.26. The van der Waals surface area contributed by atoms with Gasteiger partial charge in [-0.15, -0.1) is 0 Å². The number of hydrogen-bond donors (Lipinski definition) is 5. The van der Waals surface area contributed by atoms with Crippen LogP contribution in [0.4, 0.5) is 0 Å². The third-order valence-corrected chi connectivity index (χ3v) is 3.75. The molecule has 9 heteroatoms. The van der Waals surface area contributed by atoms with Gasteiger partial charge in [0.05, 0.1) is 19.6 Å². The zero-order valence-corrected chi connectivity index (χ0v) is 16.4. The van der Waals surface area contributed by atoms with Crippen LogP contribution in [-0.2, 0) is 19.1 Å². The molecule has 0 aromatic heterocycles. The molecule has 0 rings (SSSR count). The van der Waals surface area contributed by atoms with E-state index in [2.05, 4.69) is 10.6 Å². The molecule has 1 unspecified atom stereocenters. The maximum absolute atomic E-state index is 11.6. The highest BCUT2D eigenvalue weighted by atomic mass is 16.6. The van der Waals surface area contributed by atoms with E-state index in [0.29, 0.717) is 25.9 Å². The number of carbonyl (C=O) groups excluding carboxylic acids is 2. The summed E-state index contributed by atoms with van der Waals surface area (Å²) in [6, 6.07) is 0. The molecule has 27 heavy (non-hydrogen) atoms. The average molecular weight is 391 g/mol. The third-order valence-electron chi connectivity index (χ3n) is 3.75. The van der Waals surface area contributed by atoms with E-state index in [1.165, 1.54) is 0 Å². The summed E-state index contributed by atoms with van der Waals surface area (Å²) in [6.45, 7) is 5.05. The van der Waals surface area contributed by atoms with Gasteiger partial charge in [0.2, 0.25) is 0 Å². The van der Waals surface area contributed by atoms with E-state index in [1.807, 2.05) is 0 Å². The highest BCUT2D eigenvalue weighted by Crippen LogP contribution is 1.99. The van der Waals surface area contributed by atoms with E-state index < -0.39 is 18.0 Å². The van der Waals surface area contributed by atoms with Gasteiger partial charge in [-0.25, -0.2) is 4.79 Å². The number of unbranched alkanes of at least 4 members (excludes halogenated alkanes) is 2. The number of aliphatic hydroxyl groups excluding tert-OH is 1. The predicted molar refractivity (Wildman–Crippen MR) is 104 cm³/mol. The van der Waals surface area contributed by atoms with Gasteiger partial charge in [-0.05, 0) is 77.8 Å². The van der Waals surface area contributed by atoms with Crippen molar-refractivity contribution in [2.45, 2.75) is 51.0 Å². The minimum absolute atomic E-state index is 0.199. The standard InChI is InChI=1S/C18H38N4O5/c19-7-1-3-9-21-11-5-13-26-17(24)15-16(23)18(25)27-14-6-12-22-10-4-2-8-20/h16,21-23H,1-15,19-20H2. The van der Waals surface area contributed by atoms with Gasteiger partial charge in [-0.3, -0.25) is 4.79 Å². The van der Waals surface area contributed by atoms with Crippen molar-refractivity contribution in [3.8, 4) is 0 Å². The van der Waals surface area contributed by atoms with E-state index in [-0.39, 0.29) is 19.6 Å². The van der Waals surface area contributed by atoms with Crippen molar-refractivity contribution in [1.29, 1.82) is 0 Å². The second-order valence-electron chi connectivity index (χ2n) is 6.31. The minimum Gasteiger partial charge on any atom is -0.466 e. The molecule has 0 aliphatic rings. The number of rotatable bonds is 19. The van der Waals surface area contributed by atoms with Crippen molar-refractivity contribution in [1.82, 2.24) is 10.6 Å². The zero-order chi connectivity index (χ0) is 20.2. The molecule has 0 radical (unpaired) electrons. The van der Waals surface area contributed by atoms with E-state index in [1.54, 1.807) is 0 Å². The summed E-state index contributed by atoms with van der Waals surface area (Å²) in [5.41, 5.74) is 10.8.